The van der Waals surface area contributed by atoms with Gasteiger partial charge in [0.25, 0.3) is 0 Å². The van der Waals surface area contributed by atoms with E-state index in [4.69, 9.17) is 40.2 Å². The summed E-state index contributed by atoms with van der Waals surface area (Å²) in [6.07, 6.45) is 0. The maximum absolute atomic E-state index is 5.87. The quantitative estimate of drug-likeness (QED) is 0.770. The average Bonchev–Trinajstić information content (AvgIpc) is 2.04. The van der Waals surface area contributed by atoms with Gasteiger partial charge in [-0.05, 0) is 17.8 Å². The van der Waals surface area contributed by atoms with E-state index in [-0.39, 0.29) is 0 Å². The molecule has 7 heteroatoms. The molecule has 0 saturated heterocycles. The van der Waals surface area contributed by atoms with Crippen molar-refractivity contribution in [1.29, 1.82) is 0 Å². The molecule has 1 nitrogen and oxygen atoms in total. The number of nitrogens with zero attached hydrogens (tertiary/aromatic N) is 1. The number of benzene rings is 1. The van der Waals surface area contributed by atoms with E-state index in [1.807, 2.05) is 30.3 Å². The Morgan fingerprint density at radius 3 is 1.69 bits per heavy atom. The van der Waals surface area contributed by atoms with Crippen molar-refractivity contribution in [3.63, 3.8) is 0 Å². The average molecular weight is 287 g/mol. The fourth-order valence-corrected chi connectivity index (χ4v) is 9.87. The molecule has 0 amide bonds. The molecular weight excluding hydrogens is 282 g/mol. The molecule has 13 heavy (non-hydrogen) atoms. The molecule has 0 atom stereocenters. The van der Waals surface area contributed by atoms with Crippen LogP contribution >= 0.6 is 40.2 Å². The van der Waals surface area contributed by atoms with Crippen molar-refractivity contribution in [2.45, 2.75) is 0 Å². The molecular formula is C6H5Al2Cl4N. The third kappa shape index (κ3) is 3.71. The van der Waals surface area contributed by atoms with Gasteiger partial charge in [0, 0.05) is 0 Å². The Morgan fingerprint density at radius 1 is 0.846 bits per heavy atom. The summed E-state index contributed by atoms with van der Waals surface area (Å²) >= 11 is -3.99. The zero-order valence-electron chi connectivity index (χ0n) is 6.50. The zero-order valence-corrected chi connectivity index (χ0v) is 11.8. The van der Waals surface area contributed by atoms with E-state index < -0.39 is 25.1 Å². The third-order valence-corrected chi connectivity index (χ3v) is 9.49. The minimum Gasteiger partial charge on any atom is -0.508 e. The fraction of sp³-hybridized carbons (Fsp3) is 0. The van der Waals surface area contributed by atoms with Gasteiger partial charge in [-0.1, -0.05) is 18.2 Å². The molecule has 0 radical (unpaired) electrons. The lowest BCUT2D eigenvalue weighted by molar-refractivity contribution is 1.55. The monoisotopic (exact) mass is 285 g/mol. The zero-order chi connectivity index (χ0) is 9.84. The Bertz CT molecular complexity index is 248. The van der Waals surface area contributed by atoms with Crippen molar-refractivity contribution in [2.75, 3.05) is 2.87 Å². The second-order valence-corrected chi connectivity index (χ2v) is 11.4. The first kappa shape index (κ1) is 12.3. The molecule has 0 aromatic heterocycles. The lowest BCUT2D eigenvalue weighted by atomic mass is 10.3. The molecule has 0 aliphatic carbocycles. The Balaban J connectivity index is 2.89. The van der Waals surface area contributed by atoms with Crippen LogP contribution < -0.4 is 2.87 Å². The van der Waals surface area contributed by atoms with Crippen molar-refractivity contribution in [3.8, 4) is 0 Å². The number of halogens is 4. The Kier molecular flexibility index (Phi) is 5.65. The van der Waals surface area contributed by atoms with Crippen LogP contribution in [0.1, 0.15) is 0 Å². The molecule has 0 spiro atoms. The predicted octanol–water partition coefficient (Wildman–Crippen LogP) is 3.42. The minimum absolute atomic E-state index is 0.908. The van der Waals surface area contributed by atoms with Crippen LogP contribution in [0, 0.1) is 0 Å². The first-order valence-electron chi connectivity index (χ1n) is 3.52. The highest BCUT2D eigenvalue weighted by Crippen LogP contribution is 2.22. The molecule has 0 N–H and O–H groups in total. The van der Waals surface area contributed by atoms with Crippen LogP contribution in [0.25, 0.3) is 0 Å². The van der Waals surface area contributed by atoms with Crippen molar-refractivity contribution in [2.24, 2.45) is 0 Å². The molecule has 0 fully saturated rings. The van der Waals surface area contributed by atoms with E-state index in [2.05, 4.69) is 0 Å². The lowest BCUT2D eigenvalue weighted by Crippen LogP contribution is -2.38. The SMILES string of the molecule is [Cl][Al]([Cl])[N](c1ccccc1)[Al]([Cl])[Cl]. The predicted molar refractivity (Wildman–Crippen MR) is 63.8 cm³/mol. The molecule has 0 heterocycles. The van der Waals surface area contributed by atoms with Crippen molar-refractivity contribution < 1.29 is 0 Å². The standard InChI is InChI=1S/C6H5N.2Al.4ClH/c7-6-4-2-1-3-5-6;;;;;;/h1-5H;;;4*1H/q;2*+2;;;;/p-4. The van der Waals surface area contributed by atoms with Gasteiger partial charge in [0.15, 0.2) is 0 Å². The smallest absolute Gasteiger partial charge is 0.508 e. The van der Waals surface area contributed by atoms with Crippen molar-refractivity contribution in [1.82, 2.24) is 0 Å². The van der Waals surface area contributed by atoms with E-state index >= 15 is 0 Å². The van der Waals surface area contributed by atoms with Crippen LogP contribution in [0.4, 0.5) is 5.69 Å². The minimum atomic E-state index is -1.99. The highest BCUT2D eigenvalue weighted by Gasteiger charge is 2.34. The number of para-hydroxylation sites is 1. The van der Waals surface area contributed by atoms with Crippen LogP contribution in [-0.2, 0) is 0 Å². The van der Waals surface area contributed by atoms with Crippen LogP contribution in [0.3, 0.4) is 0 Å². The first-order chi connectivity index (χ1) is 6.13. The van der Waals surface area contributed by atoms with Crippen LogP contribution in [0.5, 0.6) is 0 Å². The fourth-order valence-electron chi connectivity index (χ4n) is 0.911. The highest BCUT2D eigenvalue weighted by molar-refractivity contribution is 7.47. The molecule has 1 aromatic rings. The Hall–Kier alpha value is 1.24. The number of hydrogen-bond acceptors (Lipinski definition) is 1. The largest absolute Gasteiger partial charge is 0.650 e. The molecule has 1 aromatic carbocycles. The molecule has 68 valence electrons. The van der Waals surface area contributed by atoms with Gasteiger partial charge in [0.05, 0.1) is 0 Å². The van der Waals surface area contributed by atoms with Crippen LogP contribution in [0.2, 0.25) is 0 Å². The molecule has 1 rings (SSSR count). The second-order valence-electron chi connectivity index (χ2n) is 2.30. The second kappa shape index (κ2) is 5.97. The van der Waals surface area contributed by atoms with E-state index in [1.54, 1.807) is 2.87 Å². The summed E-state index contributed by atoms with van der Waals surface area (Å²) in [6.45, 7) is 0. The first-order valence-corrected chi connectivity index (χ1v) is 11.5. The van der Waals surface area contributed by atoms with Gasteiger partial charge in [0.1, 0.15) is 0 Å². The summed E-state index contributed by atoms with van der Waals surface area (Å²) in [5.41, 5.74) is 0.908. The summed E-state index contributed by atoms with van der Waals surface area (Å²) in [4.78, 5) is 0. The summed E-state index contributed by atoms with van der Waals surface area (Å²) in [5.74, 6) is 0. The summed E-state index contributed by atoms with van der Waals surface area (Å²) in [6, 6.07) is 9.51. The van der Waals surface area contributed by atoms with Crippen molar-refractivity contribution >= 4 is 70.9 Å². The summed E-state index contributed by atoms with van der Waals surface area (Å²) < 4.78 is 1.76. The Labute approximate surface area is 103 Å². The Morgan fingerprint density at radius 2 is 1.31 bits per heavy atom. The van der Waals surface area contributed by atoms with E-state index in [9.17, 15) is 0 Å². The molecule has 0 aliphatic heterocycles. The van der Waals surface area contributed by atoms with E-state index in [0.29, 0.717) is 0 Å². The molecule has 0 bridgehead atoms. The van der Waals surface area contributed by atoms with Crippen LogP contribution in [-0.4, -0.2) is 25.1 Å². The van der Waals surface area contributed by atoms with Crippen molar-refractivity contribution in [3.05, 3.63) is 30.3 Å². The number of anilines is 1. The summed E-state index contributed by atoms with van der Waals surface area (Å²) in [7, 11) is 23.5. The van der Waals surface area contributed by atoms with Gasteiger partial charge in [-0.15, -0.1) is 0 Å². The maximum Gasteiger partial charge on any atom is 0.650 e. The number of hydrogen-bond donors (Lipinski definition) is 0. The topological polar surface area (TPSA) is 3.24 Å². The molecule has 0 unspecified atom stereocenters. The van der Waals surface area contributed by atoms with E-state index in [1.165, 1.54) is 0 Å². The van der Waals surface area contributed by atoms with Gasteiger partial charge in [-0.3, -0.25) is 0 Å². The van der Waals surface area contributed by atoms with Gasteiger partial charge in [-0.2, -0.15) is 0 Å². The van der Waals surface area contributed by atoms with E-state index in [0.717, 1.165) is 5.69 Å². The lowest BCUT2D eigenvalue weighted by Gasteiger charge is -2.24. The molecule has 0 aliphatic rings. The highest BCUT2D eigenvalue weighted by atomic mass is 35.7. The van der Waals surface area contributed by atoms with Gasteiger partial charge in [0.2, 0.25) is 0 Å². The van der Waals surface area contributed by atoms with Crippen LogP contribution in [0.15, 0.2) is 30.3 Å². The van der Waals surface area contributed by atoms with Gasteiger partial charge in [-0.25, -0.2) is 40.2 Å². The maximum atomic E-state index is 5.87. The third-order valence-electron chi connectivity index (χ3n) is 1.47. The number of rotatable bonds is 3. The van der Waals surface area contributed by atoms with Gasteiger partial charge < -0.3 is 2.87 Å². The van der Waals surface area contributed by atoms with Gasteiger partial charge >= 0.3 is 25.1 Å². The normalized spacial score (nSPS) is 9.54. The molecule has 0 saturated carbocycles. The summed E-state index contributed by atoms with van der Waals surface area (Å²) in [5, 5.41) is 0.